The minimum absolute atomic E-state index is 0.101. The molecule has 2 rings (SSSR count). The predicted molar refractivity (Wildman–Crippen MR) is 77.2 cm³/mol. The maximum Gasteiger partial charge on any atom is 0.316 e. The van der Waals surface area contributed by atoms with Crippen LogP contribution >= 0.6 is 0 Å². The number of para-hydroxylation sites is 1. The zero-order valence-electron chi connectivity index (χ0n) is 11.8. The maximum atomic E-state index is 11.6. The van der Waals surface area contributed by atoms with Crippen molar-refractivity contribution in [2.75, 3.05) is 20.3 Å². The van der Waals surface area contributed by atoms with Gasteiger partial charge in [0.1, 0.15) is 5.75 Å². The molecule has 0 aliphatic carbocycles. The monoisotopic (exact) mass is 287 g/mol. The number of carbonyl (C=O) groups is 1. The van der Waals surface area contributed by atoms with E-state index in [0.717, 1.165) is 11.3 Å². The standard InChI is InChI=1S/C15H17N3O3/c1-20-13-6-3-2-5-12(13)7-10-16-14(19)11-21-15-17-8-4-9-18-15/h2-6,8-9H,7,10-11H2,1H3,(H,16,19). The van der Waals surface area contributed by atoms with Crippen LogP contribution in [-0.2, 0) is 11.2 Å². The molecule has 0 bridgehead atoms. The Morgan fingerprint density at radius 2 is 1.95 bits per heavy atom. The van der Waals surface area contributed by atoms with E-state index in [2.05, 4.69) is 15.3 Å². The summed E-state index contributed by atoms with van der Waals surface area (Å²) in [5.41, 5.74) is 1.05. The molecule has 1 aromatic heterocycles. The Morgan fingerprint density at radius 3 is 2.71 bits per heavy atom. The van der Waals surface area contributed by atoms with Crippen molar-refractivity contribution in [1.29, 1.82) is 0 Å². The first-order valence-electron chi connectivity index (χ1n) is 6.58. The molecule has 0 saturated heterocycles. The summed E-state index contributed by atoms with van der Waals surface area (Å²) in [6.07, 6.45) is 3.81. The summed E-state index contributed by atoms with van der Waals surface area (Å²) in [6.45, 7) is 0.411. The molecule has 110 valence electrons. The number of nitrogens with zero attached hydrogens (tertiary/aromatic N) is 2. The van der Waals surface area contributed by atoms with Crippen LogP contribution in [-0.4, -0.2) is 36.1 Å². The molecule has 0 atom stereocenters. The number of aromatic nitrogens is 2. The fourth-order valence-corrected chi connectivity index (χ4v) is 1.79. The summed E-state index contributed by atoms with van der Waals surface area (Å²) in [6, 6.07) is 9.59. The number of hydrogen-bond acceptors (Lipinski definition) is 5. The first-order chi connectivity index (χ1) is 10.3. The van der Waals surface area contributed by atoms with Gasteiger partial charge in [-0.2, -0.15) is 0 Å². The Balaban J connectivity index is 1.72. The lowest BCUT2D eigenvalue weighted by Gasteiger charge is -2.09. The number of hydrogen-bond donors (Lipinski definition) is 1. The van der Waals surface area contributed by atoms with Crippen molar-refractivity contribution >= 4 is 5.91 Å². The molecule has 1 heterocycles. The molecule has 1 aromatic carbocycles. The molecular weight excluding hydrogens is 270 g/mol. The van der Waals surface area contributed by atoms with Crippen molar-refractivity contribution < 1.29 is 14.3 Å². The molecule has 0 saturated carbocycles. The van der Waals surface area contributed by atoms with Crippen LogP contribution in [0.5, 0.6) is 11.8 Å². The van der Waals surface area contributed by atoms with Crippen LogP contribution in [0.3, 0.4) is 0 Å². The minimum Gasteiger partial charge on any atom is -0.496 e. The highest BCUT2D eigenvalue weighted by atomic mass is 16.5. The van der Waals surface area contributed by atoms with Gasteiger partial charge in [0.05, 0.1) is 7.11 Å². The van der Waals surface area contributed by atoms with Crippen molar-refractivity contribution in [3.05, 3.63) is 48.3 Å². The fourth-order valence-electron chi connectivity index (χ4n) is 1.79. The number of amides is 1. The van der Waals surface area contributed by atoms with Crippen LogP contribution in [0.25, 0.3) is 0 Å². The molecule has 21 heavy (non-hydrogen) atoms. The van der Waals surface area contributed by atoms with Crippen LogP contribution in [0.15, 0.2) is 42.7 Å². The molecule has 1 N–H and O–H groups in total. The van der Waals surface area contributed by atoms with Gasteiger partial charge in [0.15, 0.2) is 6.61 Å². The number of rotatable bonds is 7. The maximum absolute atomic E-state index is 11.6. The second-order valence-corrected chi connectivity index (χ2v) is 4.23. The Labute approximate surface area is 123 Å². The molecule has 0 aliphatic rings. The van der Waals surface area contributed by atoms with Crippen molar-refractivity contribution in [3.8, 4) is 11.8 Å². The smallest absolute Gasteiger partial charge is 0.316 e. The van der Waals surface area contributed by atoms with Gasteiger partial charge in [-0.3, -0.25) is 4.79 Å². The van der Waals surface area contributed by atoms with Gasteiger partial charge in [0.2, 0.25) is 0 Å². The van der Waals surface area contributed by atoms with E-state index in [1.165, 1.54) is 0 Å². The Hall–Kier alpha value is -2.63. The molecule has 6 nitrogen and oxygen atoms in total. The number of methoxy groups -OCH3 is 1. The van der Waals surface area contributed by atoms with E-state index < -0.39 is 0 Å². The number of benzene rings is 1. The van der Waals surface area contributed by atoms with Gasteiger partial charge in [-0.15, -0.1) is 0 Å². The average molecular weight is 287 g/mol. The average Bonchev–Trinajstić information content (AvgIpc) is 2.54. The van der Waals surface area contributed by atoms with E-state index in [9.17, 15) is 4.79 Å². The second kappa shape index (κ2) is 7.84. The van der Waals surface area contributed by atoms with Crippen molar-refractivity contribution in [1.82, 2.24) is 15.3 Å². The summed E-state index contributed by atoms with van der Waals surface area (Å²) in [7, 11) is 1.63. The zero-order chi connectivity index (χ0) is 14.9. The van der Waals surface area contributed by atoms with Crippen LogP contribution in [0.4, 0.5) is 0 Å². The van der Waals surface area contributed by atoms with Gasteiger partial charge in [0.25, 0.3) is 5.91 Å². The molecule has 1 amide bonds. The van der Waals surface area contributed by atoms with Crippen LogP contribution in [0.2, 0.25) is 0 Å². The Morgan fingerprint density at radius 1 is 1.19 bits per heavy atom. The van der Waals surface area contributed by atoms with Gasteiger partial charge >= 0.3 is 6.01 Å². The molecule has 2 aromatic rings. The van der Waals surface area contributed by atoms with Gasteiger partial charge in [-0.25, -0.2) is 9.97 Å². The summed E-state index contributed by atoms with van der Waals surface area (Å²) in [4.78, 5) is 19.4. The topological polar surface area (TPSA) is 73.3 Å². The van der Waals surface area contributed by atoms with E-state index in [0.29, 0.717) is 13.0 Å². The third-order valence-corrected chi connectivity index (χ3v) is 2.78. The molecular formula is C15H17N3O3. The minimum atomic E-state index is -0.211. The first-order valence-corrected chi connectivity index (χ1v) is 6.58. The molecule has 0 unspecified atom stereocenters. The van der Waals surface area contributed by atoms with Gasteiger partial charge in [-0.05, 0) is 24.1 Å². The Bertz CT molecular complexity index is 575. The molecule has 0 spiro atoms. The van der Waals surface area contributed by atoms with Crippen molar-refractivity contribution in [2.24, 2.45) is 0 Å². The van der Waals surface area contributed by atoms with E-state index in [-0.39, 0.29) is 18.5 Å². The number of nitrogens with one attached hydrogen (secondary N) is 1. The molecule has 6 heteroatoms. The van der Waals surface area contributed by atoms with Gasteiger partial charge < -0.3 is 14.8 Å². The number of carbonyl (C=O) groups excluding carboxylic acids is 1. The normalized spacial score (nSPS) is 9.95. The highest BCUT2D eigenvalue weighted by Gasteiger charge is 2.05. The Kier molecular flexibility index (Phi) is 5.51. The summed E-state index contributed by atoms with van der Waals surface area (Å²) >= 11 is 0. The fraction of sp³-hybridized carbons (Fsp3) is 0.267. The molecule has 0 fully saturated rings. The van der Waals surface area contributed by atoms with Crippen LogP contribution in [0.1, 0.15) is 5.56 Å². The largest absolute Gasteiger partial charge is 0.496 e. The van der Waals surface area contributed by atoms with Crippen LogP contribution in [0, 0.1) is 0 Å². The summed E-state index contributed by atoms with van der Waals surface area (Å²) in [5, 5.41) is 2.78. The van der Waals surface area contributed by atoms with Crippen molar-refractivity contribution in [3.63, 3.8) is 0 Å². The zero-order valence-corrected chi connectivity index (χ0v) is 11.8. The molecule has 0 radical (unpaired) electrons. The SMILES string of the molecule is COc1ccccc1CCNC(=O)COc1ncccn1. The van der Waals surface area contributed by atoms with Crippen LogP contribution < -0.4 is 14.8 Å². The third kappa shape index (κ3) is 4.76. The van der Waals surface area contributed by atoms with E-state index in [1.807, 2.05) is 24.3 Å². The lowest BCUT2D eigenvalue weighted by atomic mass is 10.1. The van der Waals surface area contributed by atoms with E-state index in [4.69, 9.17) is 9.47 Å². The highest BCUT2D eigenvalue weighted by Crippen LogP contribution is 2.17. The lowest BCUT2D eigenvalue weighted by molar-refractivity contribution is -0.123. The molecule has 0 aliphatic heterocycles. The highest BCUT2D eigenvalue weighted by molar-refractivity contribution is 5.77. The van der Waals surface area contributed by atoms with Gasteiger partial charge in [0, 0.05) is 18.9 Å². The third-order valence-electron chi connectivity index (χ3n) is 2.78. The lowest BCUT2D eigenvalue weighted by Crippen LogP contribution is -2.30. The summed E-state index contributed by atoms with van der Waals surface area (Å²) < 4.78 is 10.4. The first kappa shape index (κ1) is 14.8. The summed E-state index contributed by atoms with van der Waals surface area (Å²) in [5.74, 6) is 0.609. The quantitative estimate of drug-likeness (QED) is 0.829. The van der Waals surface area contributed by atoms with Crippen molar-refractivity contribution in [2.45, 2.75) is 6.42 Å². The van der Waals surface area contributed by atoms with Gasteiger partial charge in [-0.1, -0.05) is 18.2 Å². The number of ether oxygens (including phenoxy) is 2. The van der Waals surface area contributed by atoms with E-state index in [1.54, 1.807) is 25.6 Å². The second-order valence-electron chi connectivity index (χ2n) is 4.23. The predicted octanol–water partition coefficient (Wildman–Crippen LogP) is 1.22. The van der Waals surface area contributed by atoms with E-state index >= 15 is 0 Å².